The molecule has 2 atom stereocenters. The normalized spacial score (nSPS) is 17.6. The lowest BCUT2D eigenvalue weighted by Crippen LogP contribution is -2.62. The van der Waals surface area contributed by atoms with E-state index < -0.39 is 75.8 Å². The van der Waals surface area contributed by atoms with Gasteiger partial charge in [-0.1, -0.05) is 60.7 Å². The smallest absolute Gasteiger partial charge is 0.323 e. The van der Waals surface area contributed by atoms with Crippen LogP contribution < -0.4 is 0 Å². The number of hydrogen-bond donors (Lipinski definition) is 0. The van der Waals surface area contributed by atoms with Gasteiger partial charge in [-0.3, -0.25) is 43.5 Å². The first-order valence-corrected chi connectivity index (χ1v) is 22.5. The highest BCUT2D eigenvalue weighted by atomic mass is 16.6. The van der Waals surface area contributed by atoms with Crippen LogP contribution in [0.2, 0.25) is 0 Å². The van der Waals surface area contributed by atoms with Crippen molar-refractivity contribution in [2.24, 2.45) is 0 Å². The van der Waals surface area contributed by atoms with Crippen LogP contribution in [-0.2, 0) is 70.4 Å². The second-order valence-electron chi connectivity index (χ2n) is 20.9. The van der Waals surface area contributed by atoms with Crippen molar-refractivity contribution in [2.75, 3.05) is 39.3 Å². The van der Waals surface area contributed by atoms with Crippen LogP contribution in [0.3, 0.4) is 0 Å². The molecule has 3 rings (SSSR count). The highest BCUT2D eigenvalue weighted by Gasteiger charge is 2.46. The minimum Gasteiger partial charge on any atom is -0.461 e. The Kier molecular flexibility index (Phi) is 19.7. The van der Waals surface area contributed by atoms with Crippen molar-refractivity contribution in [3.8, 4) is 0 Å². The average molecular weight is 910 g/mol. The van der Waals surface area contributed by atoms with Crippen LogP contribution in [0, 0.1) is 0 Å². The zero-order chi connectivity index (χ0) is 48.8. The van der Waals surface area contributed by atoms with Gasteiger partial charge in [0, 0.05) is 44.6 Å². The molecule has 0 amide bonds. The second-order valence-corrected chi connectivity index (χ2v) is 20.9. The standard InChI is InChI=1S/C50H75N3O12/c1-46(2,3)62-42(56)30-53(31-43(57)63-47(4,5)6)50(13)34-51(38(44(58)64-48(7,8)9)24-26-40(54)60-32-36-20-16-14-17-21-36)28-29-52(35-50)39(45(59)65-49(10,11)12)25-27-41(55)61-33-37-22-18-15-19-23-37/h14-23,38-39H,24-35H2,1-13H3. The van der Waals surface area contributed by atoms with Crippen LogP contribution in [0.1, 0.15) is 127 Å². The summed E-state index contributed by atoms with van der Waals surface area (Å²) in [5.74, 6) is -3.41. The van der Waals surface area contributed by atoms with E-state index in [-0.39, 0.29) is 78.2 Å². The summed E-state index contributed by atoms with van der Waals surface area (Å²) in [7, 11) is 0. The lowest BCUT2D eigenvalue weighted by molar-refractivity contribution is -0.168. The molecular formula is C50H75N3O12. The molecular weight excluding hydrogens is 835 g/mol. The minimum atomic E-state index is -1.22. The topological polar surface area (TPSA) is 168 Å². The molecule has 1 heterocycles. The minimum absolute atomic E-state index is 0.0134. The maximum Gasteiger partial charge on any atom is 0.323 e. The molecule has 2 aromatic carbocycles. The number of carbonyl (C=O) groups excluding carboxylic acids is 6. The van der Waals surface area contributed by atoms with E-state index in [4.69, 9.17) is 28.4 Å². The van der Waals surface area contributed by atoms with Crippen molar-refractivity contribution in [1.82, 2.24) is 14.7 Å². The van der Waals surface area contributed by atoms with Gasteiger partial charge in [0.1, 0.15) is 47.7 Å². The van der Waals surface area contributed by atoms with Gasteiger partial charge in [-0.15, -0.1) is 0 Å². The van der Waals surface area contributed by atoms with E-state index in [1.165, 1.54) is 0 Å². The molecule has 0 aliphatic carbocycles. The van der Waals surface area contributed by atoms with Gasteiger partial charge in [0.05, 0.1) is 13.1 Å². The predicted octanol–water partition coefficient (Wildman–Crippen LogP) is 6.82. The number of rotatable bonds is 19. The summed E-state index contributed by atoms with van der Waals surface area (Å²) in [6, 6.07) is 16.5. The van der Waals surface area contributed by atoms with Gasteiger partial charge < -0.3 is 28.4 Å². The maximum absolute atomic E-state index is 14.3. The SMILES string of the molecule is CC(C)(C)OC(=O)CN(CC(=O)OC(C)(C)C)C1(C)CN(C(CCC(=O)OCc2ccccc2)C(=O)OC(C)(C)C)CCN(C(CCC(=O)OCc2ccccc2)C(=O)OC(C)(C)C)C1. The highest BCUT2D eigenvalue weighted by Crippen LogP contribution is 2.29. The van der Waals surface area contributed by atoms with Crippen molar-refractivity contribution in [2.45, 2.75) is 169 Å². The summed E-state index contributed by atoms with van der Waals surface area (Å²) in [6.45, 7) is 22.7. The van der Waals surface area contributed by atoms with E-state index in [0.717, 1.165) is 11.1 Å². The second kappa shape index (κ2) is 23.5. The molecule has 0 radical (unpaired) electrons. The lowest BCUT2D eigenvalue weighted by atomic mass is 9.95. The molecule has 2 aromatic rings. The molecule has 15 heteroatoms. The number of carbonyl (C=O) groups is 6. The van der Waals surface area contributed by atoms with Crippen LogP contribution in [0.5, 0.6) is 0 Å². The molecule has 0 N–H and O–H groups in total. The van der Waals surface area contributed by atoms with E-state index in [1.807, 2.05) is 77.4 Å². The van der Waals surface area contributed by atoms with Gasteiger partial charge in [-0.25, -0.2) is 0 Å². The Bertz CT molecular complexity index is 1750. The number of hydrogen-bond acceptors (Lipinski definition) is 15. The Morgan fingerprint density at radius 3 is 1.15 bits per heavy atom. The third-order valence-corrected chi connectivity index (χ3v) is 9.97. The van der Waals surface area contributed by atoms with E-state index in [2.05, 4.69) is 0 Å². The number of ether oxygens (including phenoxy) is 6. The molecule has 362 valence electrons. The predicted molar refractivity (Wildman–Crippen MR) is 245 cm³/mol. The van der Waals surface area contributed by atoms with Crippen LogP contribution >= 0.6 is 0 Å². The van der Waals surface area contributed by atoms with Crippen molar-refractivity contribution in [3.63, 3.8) is 0 Å². The molecule has 0 spiro atoms. The number of esters is 6. The summed E-state index contributed by atoms with van der Waals surface area (Å²) >= 11 is 0. The number of benzene rings is 2. The lowest BCUT2D eigenvalue weighted by Gasteiger charge is -2.45. The molecule has 15 nitrogen and oxygen atoms in total. The van der Waals surface area contributed by atoms with E-state index in [0.29, 0.717) is 0 Å². The van der Waals surface area contributed by atoms with Crippen molar-refractivity contribution in [3.05, 3.63) is 71.8 Å². The van der Waals surface area contributed by atoms with Gasteiger partial charge in [0.2, 0.25) is 0 Å². The molecule has 1 fully saturated rings. The molecule has 1 aliphatic heterocycles. The van der Waals surface area contributed by atoms with Crippen LogP contribution in [-0.4, -0.2) is 130 Å². The summed E-state index contributed by atoms with van der Waals surface area (Å²) in [5.41, 5.74) is -3.08. The molecule has 2 unspecified atom stereocenters. The summed E-state index contributed by atoms with van der Waals surface area (Å²) in [6.07, 6.45) is -0.226. The fraction of sp³-hybridized carbons (Fsp3) is 0.640. The quantitative estimate of drug-likeness (QED) is 0.106. The van der Waals surface area contributed by atoms with Crippen LogP contribution in [0.25, 0.3) is 0 Å². The Labute approximate surface area is 386 Å². The molecule has 0 aromatic heterocycles. The van der Waals surface area contributed by atoms with Gasteiger partial charge >= 0.3 is 35.8 Å². The Hall–Kier alpha value is -4.86. The van der Waals surface area contributed by atoms with Crippen molar-refractivity contribution in [1.29, 1.82) is 0 Å². The zero-order valence-corrected chi connectivity index (χ0v) is 41.2. The summed E-state index contributed by atoms with van der Waals surface area (Å²) in [5, 5.41) is 0. The molecule has 0 bridgehead atoms. The highest BCUT2D eigenvalue weighted by molar-refractivity contribution is 5.79. The Morgan fingerprint density at radius 2 is 0.846 bits per heavy atom. The maximum atomic E-state index is 14.3. The molecule has 1 aliphatic rings. The Balaban J connectivity index is 2.13. The van der Waals surface area contributed by atoms with E-state index >= 15 is 0 Å². The fourth-order valence-electron chi connectivity index (χ4n) is 7.34. The van der Waals surface area contributed by atoms with Gasteiger partial charge in [-0.2, -0.15) is 0 Å². The first-order chi connectivity index (χ1) is 30.0. The zero-order valence-electron chi connectivity index (χ0n) is 41.2. The van der Waals surface area contributed by atoms with E-state index in [9.17, 15) is 28.8 Å². The first kappa shape index (κ1) is 54.5. The third-order valence-electron chi connectivity index (χ3n) is 9.97. The van der Waals surface area contributed by atoms with Gasteiger partial charge in [-0.05, 0) is 114 Å². The van der Waals surface area contributed by atoms with Gasteiger partial charge in [0.15, 0.2) is 0 Å². The fourth-order valence-corrected chi connectivity index (χ4v) is 7.34. The number of nitrogens with zero attached hydrogens (tertiary/aromatic N) is 3. The largest absolute Gasteiger partial charge is 0.461 e. The monoisotopic (exact) mass is 910 g/mol. The van der Waals surface area contributed by atoms with Crippen molar-refractivity contribution < 1.29 is 57.2 Å². The van der Waals surface area contributed by atoms with Crippen LogP contribution in [0.15, 0.2) is 60.7 Å². The van der Waals surface area contributed by atoms with Crippen LogP contribution in [0.4, 0.5) is 0 Å². The molecule has 65 heavy (non-hydrogen) atoms. The summed E-state index contributed by atoms with van der Waals surface area (Å²) in [4.78, 5) is 88.1. The van der Waals surface area contributed by atoms with Gasteiger partial charge in [0.25, 0.3) is 0 Å². The Morgan fingerprint density at radius 1 is 0.523 bits per heavy atom. The van der Waals surface area contributed by atoms with Crippen molar-refractivity contribution >= 4 is 35.8 Å². The molecule has 1 saturated heterocycles. The average Bonchev–Trinajstić information content (AvgIpc) is 3.33. The summed E-state index contributed by atoms with van der Waals surface area (Å²) < 4.78 is 34.7. The third kappa shape index (κ3) is 20.9. The molecule has 0 saturated carbocycles. The van der Waals surface area contributed by atoms with E-state index in [1.54, 1.807) is 88.0 Å². The first-order valence-electron chi connectivity index (χ1n) is 22.5.